The molecule has 2 rings (SSSR count). The van der Waals surface area contributed by atoms with Gasteiger partial charge < -0.3 is 10.7 Å². The number of nitrogens with one attached hydrogen (secondary N) is 2. The van der Waals surface area contributed by atoms with Crippen LogP contribution in [0.1, 0.15) is 16.1 Å². The van der Waals surface area contributed by atoms with Crippen LogP contribution in [0.2, 0.25) is 0 Å². The number of amides is 1. The van der Waals surface area contributed by atoms with Gasteiger partial charge in [-0.3, -0.25) is 15.6 Å². The first-order chi connectivity index (χ1) is 9.29. The van der Waals surface area contributed by atoms with Crippen LogP contribution >= 0.6 is 0 Å². The molecule has 0 spiro atoms. The molecule has 1 heterocycles. The molecule has 0 aliphatic carbocycles. The monoisotopic (exact) mass is 256 g/mol. The van der Waals surface area contributed by atoms with E-state index in [0.717, 1.165) is 17.8 Å². The van der Waals surface area contributed by atoms with Crippen molar-refractivity contribution in [3.05, 3.63) is 59.9 Å². The standard InChI is InChI=1S/C14H16N4O/c15-18-13-6-4-11(5-7-13)14(19)17-10-8-12-3-1-2-9-16-12/h1-7,9,18H,8,10,15H2,(H,17,19). The molecule has 1 amide bonds. The van der Waals surface area contributed by atoms with E-state index in [0.29, 0.717) is 12.1 Å². The Morgan fingerprint density at radius 1 is 1.16 bits per heavy atom. The summed E-state index contributed by atoms with van der Waals surface area (Å²) in [6.45, 7) is 0.562. The number of anilines is 1. The summed E-state index contributed by atoms with van der Waals surface area (Å²) in [4.78, 5) is 16.0. The van der Waals surface area contributed by atoms with Crippen LogP contribution in [-0.4, -0.2) is 17.4 Å². The van der Waals surface area contributed by atoms with E-state index in [-0.39, 0.29) is 5.91 Å². The lowest BCUT2D eigenvalue weighted by Crippen LogP contribution is -2.25. The molecule has 0 saturated carbocycles. The Bertz CT molecular complexity index is 525. The molecule has 98 valence electrons. The Morgan fingerprint density at radius 3 is 2.58 bits per heavy atom. The number of hydrazine groups is 1. The smallest absolute Gasteiger partial charge is 0.251 e. The molecule has 19 heavy (non-hydrogen) atoms. The molecular formula is C14H16N4O. The van der Waals surface area contributed by atoms with Crippen LogP contribution in [0.25, 0.3) is 0 Å². The number of nitrogens with zero attached hydrogens (tertiary/aromatic N) is 1. The molecule has 0 atom stereocenters. The Kier molecular flexibility index (Phi) is 4.47. The van der Waals surface area contributed by atoms with Gasteiger partial charge in [-0.25, -0.2) is 0 Å². The van der Waals surface area contributed by atoms with Gasteiger partial charge in [0, 0.05) is 36.1 Å². The maximum Gasteiger partial charge on any atom is 0.251 e. The third-order valence-corrected chi connectivity index (χ3v) is 2.71. The van der Waals surface area contributed by atoms with Crippen molar-refractivity contribution in [3.63, 3.8) is 0 Å². The third-order valence-electron chi connectivity index (χ3n) is 2.71. The SMILES string of the molecule is NNc1ccc(C(=O)NCCc2ccccn2)cc1. The van der Waals surface area contributed by atoms with Gasteiger partial charge in [0.05, 0.1) is 0 Å². The van der Waals surface area contributed by atoms with Crippen LogP contribution < -0.4 is 16.6 Å². The highest BCUT2D eigenvalue weighted by Crippen LogP contribution is 2.07. The van der Waals surface area contributed by atoms with Crippen molar-refractivity contribution in [2.75, 3.05) is 12.0 Å². The number of pyridine rings is 1. The lowest BCUT2D eigenvalue weighted by Gasteiger charge is -2.06. The zero-order valence-electron chi connectivity index (χ0n) is 10.5. The zero-order chi connectivity index (χ0) is 13.5. The number of aromatic nitrogens is 1. The van der Waals surface area contributed by atoms with E-state index >= 15 is 0 Å². The molecular weight excluding hydrogens is 240 g/mol. The first kappa shape index (κ1) is 13.0. The van der Waals surface area contributed by atoms with E-state index in [9.17, 15) is 4.79 Å². The van der Waals surface area contributed by atoms with Crippen molar-refractivity contribution in [2.24, 2.45) is 5.84 Å². The molecule has 0 saturated heterocycles. The van der Waals surface area contributed by atoms with Gasteiger partial charge in [-0.1, -0.05) is 6.07 Å². The van der Waals surface area contributed by atoms with E-state index in [4.69, 9.17) is 5.84 Å². The third kappa shape index (κ3) is 3.79. The van der Waals surface area contributed by atoms with Crippen LogP contribution in [0.4, 0.5) is 5.69 Å². The average molecular weight is 256 g/mol. The fraction of sp³-hybridized carbons (Fsp3) is 0.143. The molecule has 1 aromatic carbocycles. The van der Waals surface area contributed by atoms with Crippen molar-refractivity contribution in [1.82, 2.24) is 10.3 Å². The predicted molar refractivity (Wildman–Crippen MR) is 74.5 cm³/mol. The lowest BCUT2D eigenvalue weighted by atomic mass is 10.2. The topological polar surface area (TPSA) is 80.0 Å². The summed E-state index contributed by atoms with van der Waals surface area (Å²) in [6, 6.07) is 12.7. The van der Waals surface area contributed by atoms with Gasteiger partial charge in [0.25, 0.3) is 5.91 Å². The first-order valence-corrected chi connectivity index (χ1v) is 6.04. The summed E-state index contributed by atoms with van der Waals surface area (Å²) in [5.74, 6) is 5.17. The van der Waals surface area contributed by atoms with Crippen molar-refractivity contribution < 1.29 is 4.79 Å². The highest BCUT2D eigenvalue weighted by molar-refractivity contribution is 5.94. The van der Waals surface area contributed by atoms with Gasteiger partial charge in [0.2, 0.25) is 0 Å². The van der Waals surface area contributed by atoms with Crippen LogP contribution in [0, 0.1) is 0 Å². The van der Waals surface area contributed by atoms with Crippen LogP contribution in [-0.2, 0) is 6.42 Å². The van der Waals surface area contributed by atoms with Gasteiger partial charge in [-0.15, -0.1) is 0 Å². The summed E-state index contributed by atoms with van der Waals surface area (Å²) in [5, 5.41) is 2.85. The van der Waals surface area contributed by atoms with E-state index in [1.165, 1.54) is 0 Å². The minimum atomic E-state index is -0.0977. The van der Waals surface area contributed by atoms with E-state index in [1.807, 2.05) is 18.2 Å². The fourth-order valence-corrected chi connectivity index (χ4v) is 1.67. The maximum absolute atomic E-state index is 11.9. The summed E-state index contributed by atoms with van der Waals surface area (Å²) < 4.78 is 0. The van der Waals surface area contributed by atoms with E-state index in [2.05, 4.69) is 15.7 Å². The van der Waals surface area contributed by atoms with Gasteiger partial charge in [-0.05, 0) is 36.4 Å². The number of carbonyl (C=O) groups is 1. The highest BCUT2D eigenvalue weighted by atomic mass is 16.1. The van der Waals surface area contributed by atoms with Gasteiger partial charge >= 0.3 is 0 Å². The first-order valence-electron chi connectivity index (χ1n) is 6.04. The summed E-state index contributed by atoms with van der Waals surface area (Å²) in [5.41, 5.74) is 4.86. The van der Waals surface area contributed by atoms with Crippen molar-refractivity contribution in [2.45, 2.75) is 6.42 Å². The second-order valence-electron chi connectivity index (χ2n) is 4.05. The predicted octanol–water partition coefficient (Wildman–Crippen LogP) is 1.34. The van der Waals surface area contributed by atoms with Crippen molar-refractivity contribution in [1.29, 1.82) is 0 Å². The fourth-order valence-electron chi connectivity index (χ4n) is 1.67. The number of nitrogens with two attached hydrogens (primary N) is 1. The van der Waals surface area contributed by atoms with Crippen LogP contribution in [0.3, 0.4) is 0 Å². The molecule has 4 N–H and O–H groups in total. The summed E-state index contributed by atoms with van der Waals surface area (Å²) in [6.07, 6.45) is 2.46. The minimum absolute atomic E-state index is 0.0977. The average Bonchev–Trinajstić information content (AvgIpc) is 2.48. The molecule has 0 bridgehead atoms. The molecule has 0 unspecified atom stereocenters. The molecule has 1 aromatic heterocycles. The number of hydrogen-bond acceptors (Lipinski definition) is 4. The second-order valence-corrected chi connectivity index (χ2v) is 4.05. The Balaban J connectivity index is 1.84. The zero-order valence-corrected chi connectivity index (χ0v) is 10.5. The van der Waals surface area contributed by atoms with Crippen LogP contribution in [0.15, 0.2) is 48.7 Å². The quantitative estimate of drug-likeness (QED) is 0.557. The highest BCUT2D eigenvalue weighted by Gasteiger charge is 2.04. The number of benzene rings is 1. The molecule has 5 nitrogen and oxygen atoms in total. The number of nitrogen functional groups attached to an aromatic ring is 1. The molecule has 2 aromatic rings. The van der Waals surface area contributed by atoms with E-state index in [1.54, 1.807) is 30.5 Å². The molecule has 5 heteroatoms. The second kappa shape index (κ2) is 6.51. The van der Waals surface area contributed by atoms with Gasteiger partial charge in [-0.2, -0.15) is 0 Å². The van der Waals surface area contributed by atoms with Gasteiger partial charge in [0.1, 0.15) is 0 Å². The normalized spacial score (nSPS) is 9.95. The van der Waals surface area contributed by atoms with Crippen molar-refractivity contribution in [3.8, 4) is 0 Å². The maximum atomic E-state index is 11.9. The lowest BCUT2D eigenvalue weighted by molar-refractivity contribution is 0.0954. The molecule has 0 aliphatic heterocycles. The number of carbonyl (C=O) groups excluding carboxylic acids is 1. The Labute approximate surface area is 111 Å². The summed E-state index contributed by atoms with van der Waals surface area (Å²) >= 11 is 0. The molecule has 0 aliphatic rings. The van der Waals surface area contributed by atoms with Crippen molar-refractivity contribution >= 4 is 11.6 Å². The number of rotatable bonds is 5. The Morgan fingerprint density at radius 2 is 1.95 bits per heavy atom. The molecule has 0 fully saturated rings. The molecule has 0 radical (unpaired) electrons. The minimum Gasteiger partial charge on any atom is -0.352 e. The largest absolute Gasteiger partial charge is 0.352 e. The van der Waals surface area contributed by atoms with Crippen LogP contribution in [0.5, 0.6) is 0 Å². The Hall–Kier alpha value is -2.40. The number of hydrogen-bond donors (Lipinski definition) is 3. The van der Waals surface area contributed by atoms with E-state index < -0.39 is 0 Å². The summed E-state index contributed by atoms with van der Waals surface area (Å²) in [7, 11) is 0. The van der Waals surface area contributed by atoms with Gasteiger partial charge in [0.15, 0.2) is 0 Å².